The van der Waals surface area contributed by atoms with E-state index in [-0.39, 0.29) is 29.4 Å². The summed E-state index contributed by atoms with van der Waals surface area (Å²) in [7, 11) is -3.02. The van der Waals surface area contributed by atoms with Crippen molar-refractivity contribution < 1.29 is 13.2 Å². The minimum absolute atomic E-state index is 0.0204. The summed E-state index contributed by atoms with van der Waals surface area (Å²) in [4.78, 5) is 14.3. The Balaban J connectivity index is 2.17. The Morgan fingerprint density at radius 3 is 2.45 bits per heavy atom. The predicted molar refractivity (Wildman–Crippen MR) is 88.5 cm³/mol. The van der Waals surface area contributed by atoms with Gasteiger partial charge in [-0.3, -0.25) is 4.79 Å². The minimum Gasteiger partial charge on any atom is -0.334 e. The first-order valence-corrected chi connectivity index (χ1v) is 9.71. The lowest BCUT2D eigenvalue weighted by atomic mass is 10.1. The molecule has 22 heavy (non-hydrogen) atoms. The zero-order chi connectivity index (χ0) is 16.3. The molecule has 1 heterocycles. The molecule has 1 aromatic carbocycles. The number of carbonyl (C=O) groups excluding carboxylic acids is 1. The smallest absolute Gasteiger partial charge is 0.223 e. The summed E-state index contributed by atoms with van der Waals surface area (Å²) >= 11 is 5.88. The average molecular weight is 344 g/mol. The zero-order valence-corrected chi connectivity index (χ0v) is 14.5. The number of amides is 1. The molecular formula is C16H22ClNO3S. The fraction of sp³-hybridized carbons (Fsp3) is 0.562. The SMILES string of the molecule is CC(C)CC(=O)N(Cc1ccc(Cl)cc1)[C@H]1CCS(=O)(=O)C1. The largest absolute Gasteiger partial charge is 0.334 e. The van der Waals surface area contributed by atoms with Gasteiger partial charge in [0.1, 0.15) is 0 Å². The second kappa shape index (κ2) is 7.01. The second-order valence-corrected chi connectivity index (χ2v) is 8.97. The van der Waals surface area contributed by atoms with Gasteiger partial charge in [-0.2, -0.15) is 0 Å². The van der Waals surface area contributed by atoms with Crippen molar-refractivity contribution in [1.29, 1.82) is 0 Å². The highest BCUT2D eigenvalue weighted by atomic mass is 35.5. The van der Waals surface area contributed by atoms with Crippen LogP contribution in [0.2, 0.25) is 5.02 Å². The van der Waals surface area contributed by atoms with Gasteiger partial charge in [0.15, 0.2) is 9.84 Å². The molecule has 0 N–H and O–H groups in total. The van der Waals surface area contributed by atoms with Crippen molar-refractivity contribution in [3.8, 4) is 0 Å². The molecule has 1 atom stereocenters. The van der Waals surface area contributed by atoms with Gasteiger partial charge in [0, 0.05) is 24.0 Å². The average Bonchev–Trinajstić information content (AvgIpc) is 2.77. The molecular weight excluding hydrogens is 322 g/mol. The molecule has 0 aliphatic carbocycles. The van der Waals surface area contributed by atoms with Gasteiger partial charge in [-0.15, -0.1) is 0 Å². The fourth-order valence-electron chi connectivity index (χ4n) is 2.70. The van der Waals surface area contributed by atoms with Gasteiger partial charge in [0.05, 0.1) is 11.5 Å². The van der Waals surface area contributed by atoms with E-state index >= 15 is 0 Å². The summed E-state index contributed by atoms with van der Waals surface area (Å²) in [5.41, 5.74) is 0.964. The van der Waals surface area contributed by atoms with Gasteiger partial charge in [-0.05, 0) is 30.0 Å². The van der Waals surface area contributed by atoms with Crippen molar-refractivity contribution in [1.82, 2.24) is 4.90 Å². The van der Waals surface area contributed by atoms with Crippen LogP contribution in [0.15, 0.2) is 24.3 Å². The number of carbonyl (C=O) groups is 1. The van der Waals surface area contributed by atoms with E-state index in [9.17, 15) is 13.2 Å². The van der Waals surface area contributed by atoms with E-state index in [1.165, 1.54) is 0 Å². The number of nitrogens with zero attached hydrogens (tertiary/aromatic N) is 1. The molecule has 1 aliphatic rings. The second-order valence-electron chi connectivity index (χ2n) is 6.30. The molecule has 0 unspecified atom stereocenters. The lowest BCUT2D eigenvalue weighted by Crippen LogP contribution is -2.41. The van der Waals surface area contributed by atoms with Crippen LogP contribution in [0.1, 0.15) is 32.3 Å². The van der Waals surface area contributed by atoms with Crippen molar-refractivity contribution in [2.45, 2.75) is 39.3 Å². The number of rotatable bonds is 5. The van der Waals surface area contributed by atoms with Crippen LogP contribution in [0, 0.1) is 5.92 Å². The number of benzene rings is 1. The Labute approximate surface area is 137 Å². The zero-order valence-electron chi connectivity index (χ0n) is 13.0. The monoisotopic (exact) mass is 343 g/mol. The molecule has 1 amide bonds. The third-order valence-corrected chi connectivity index (χ3v) is 5.82. The maximum Gasteiger partial charge on any atom is 0.223 e. The van der Waals surface area contributed by atoms with Crippen LogP contribution in [0.5, 0.6) is 0 Å². The standard InChI is InChI=1S/C16H22ClNO3S/c1-12(2)9-16(19)18(15-7-8-22(20,21)11-15)10-13-3-5-14(17)6-4-13/h3-6,12,15H,7-11H2,1-2H3/t15-/m0/s1. The molecule has 4 nitrogen and oxygen atoms in total. The summed E-state index contributed by atoms with van der Waals surface area (Å²) in [6.07, 6.45) is 0.962. The molecule has 0 aromatic heterocycles. The van der Waals surface area contributed by atoms with Crippen molar-refractivity contribution in [3.05, 3.63) is 34.9 Å². The van der Waals surface area contributed by atoms with Gasteiger partial charge in [0.2, 0.25) is 5.91 Å². The number of hydrogen-bond donors (Lipinski definition) is 0. The third-order valence-electron chi connectivity index (χ3n) is 3.82. The van der Waals surface area contributed by atoms with Crippen molar-refractivity contribution >= 4 is 27.3 Å². The fourth-order valence-corrected chi connectivity index (χ4v) is 4.55. The van der Waals surface area contributed by atoms with Crippen LogP contribution in [-0.4, -0.2) is 36.8 Å². The highest BCUT2D eigenvalue weighted by Gasteiger charge is 2.34. The Kier molecular flexibility index (Phi) is 5.50. The van der Waals surface area contributed by atoms with E-state index in [1.54, 1.807) is 17.0 Å². The summed E-state index contributed by atoms with van der Waals surface area (Å²) in [5, 5.41) is 0.646. The first-order chi connectivity index (χ1) is 10.3. The molecule has 0 bridgehead atoms. The topological polar surface area (TPSA) is 54.5 Å². The van der Waals surface area contributed by atoms with E-state index < -0.39 is 9.84 Å². The number of sulfone groups is 1. The third kappa shape index (κ3) is 4.71. The maximum atomic E-state index is 12.5. The first kappa shape index (κ1) is 17.3. The lowest BCUT2D eigenvalue weighted by Gasteiger charge is -2.29. The Morgan fingerprint density at radius 2 is 1.95 bits per heavy atom. The molecule has 2 rings (SSSR count). The Morgan fingerprint density at radius 1 is 1.32 bits per heavy atom. The van der Waals surface area contributed by atoms with Crippen molar-refractivity contribution in [2.75, 3.05) is 11.5 Å². The van der Waals surface area contributed by atoms with Crippen molar-refractivity contribution in [2.24, 2.45) is 5.92 Å². The molecule has 1 aromatic rings. The lowest BCUT2D eigenvalue weighted by molar-refractivity contribution is -0.134. The normalized spacial score (nSPS) is 20.3. The van der Waals surface area contributed by atoms with Crippen LogP contribution < -0.4 is 0 Å². The molecule has 1 saturated heterocycles. The number of halogens is 1. The maximum absolute atomic E-state index is 12.5. The Hall–Kier alpha value is -1.07. The van der Waals surface area contributed by atoms with Gasteiger partial charge in [0.25, 0.3) is 0 Å². The van der Waals surface area contributed by atoms with Crippen LogP contribution >= 0.6 is 11.6 Å². The summed E-state index contributed by atoms with van der Waals surface area (Å²) < 4.78 is 23.5. The Bertz CT molecular complexity index is 625. The van der Waals surface area contributed by atoms with Crippen LogP contribution in [0.3, 0.4) is 0 Å². The van der Waals surface area contributed by atoms with Gasteiger partial charge in [-0.1, -0.05) is 37.6 Å². The molecule has 122 valence electrons. The molecule has 6 heteroatoms. The van der Waals surface area contributed by atoms with Crippen LogP contribution in [0.25, 0.3) is 0 Å². The summed E-state index contributed by atoms with van der Waals surface area (Å²) in [6, 6.07) is 7.11. The van der Waals surface area contributed by atoms with Crippen LogP contribution in [0.4, 0.5) is 0 Å². The van der Waals surface area contributed by atoms with Gasteiger partial charge < -0.3 is 4.90 Å². The summed E-state index contributed by atoms with van der Waals surface area (Å²) in [5.74, 6) is 0.513. The van der Waals surface area contributed by atoms with E-state index in [0.29, 0.717) is 24.4 Å². The first-order valence-electron chi connectivity index (χ1n) is 7.51. The van der Waals surface area contributed by atoms with E-state index in [0.717, 1.165) is 5.56 Å². The highest BCUT2D eigenvalue weighted by Crippen LogP contribution is 2.22. The van der Waals surface area contributed by atoms with Gasteiger partial charge in [-0.25, -0.2) is 8.42 Å². The van der Waals surface area contributed by atoms with E-state index in [1.807, 2.05) is 26.0 Å². The van der Waals surface area contributed by atoms with Crippen LogP contribution in [-0.2, 0) is 21.2 Å². The molecule has 0 saturated carbocycles. The molecule has 1 fully saturated rings. The molecule has 0 spiro atoms. The van der Waals surface area contributed by atoms with Crippen molar-refractivity contribution in [3.63, 3.8) is 0 Å². The molecule has 1 aliphatic heterocycles. The predicted octanol–water partition coefficient (Wildman–Crippen LogP) is 2.90. The van der Waals surface area contributed by atoms with E-state index in [4.69, 9.17) is 11.6 Å². The minimum atomic E-state index is -3.02. The van der Waals surface area contributed by atoms with E-state index in [2.05, 4.69) is 0 Å². The highest BCUT2D eigenvalue weighted by molar-refractivity contribution is 7.91. The molecule has 0 radical (unpaired) electrons. The summed E-state index contributed by atoms with van der Waals surface area (Å²) in [6.45, 7) is 4.41. The quantitative estimate of drug-likeness (QED) is 0.826. The number of hydrogen-bond acceptors (Lipinski definition) is 3. The van der Waals surface area contributed by atoms with Gasteiger partial charge >= 0.3 is 0 Å².